The monoisotopic (exact) mass is 515 g/mol. The zero-order valence-corrected chi connectivity index (χ0v) is 20.9. The van der Waals surface area contributed by atoms with Crippen LogP contribution >= 0.6 is 0 Å². The fraction of sp³-hybridized carbons (Fsp3) is 0.300. The molecule has 0 saturated heterocycles. The predicted molar refractivity (Wildman–Crippen MR) is 141 cm³/mol. The highest BCUT2D eigenvalue weighted by atomic mass is 19.1. The molecule has 1 aromatic heterocycles. The SMILES string of the molecule is Cn1ncc2cc3cccc(CN(C(=O)C4C[C@H]5CC[C@@H]4C5)c4cc(F)cc(C=CC(=O)O)c4)c3c(F)c21. The molecule has 2 aliphatic carbocycles. The van der Waals surface area contributed by atoms with Crippen LogP contribution in [0.2, 0.25) is 0 Å². The minimum absolute atomic E-state index is 0.0515. The van der Waals surface area contributed by atoms with E-state index in [-0.39, 0.29) is 18.4 Å². The molecule has 2 aliphatic rings. The molecule has 0 aliphatic heterocycles. The molecule has 1 amide bonds. The van der Waals surface area contributed by atoms with Crippen molar-refractivity contribution < 1.29 is 23.5 Å². The second kappa shape index (κ2) is 9.35. The van der Waals surface area contributed by atoms with E-state index in [4.69, 9.17) is 5.11 Å². The summed E-state index contributed by atoms with van der Waals surface area (Å²) in [5.41, 5.74) is 1.63. The fourth-order valence-electron chi connectivity index (χ4n) is 6.48. The lowest BCUT2D eigenvalue weighted by molar-refractivity contribution is -0.131. The minimum Gasteiger partial charge on any atom is -0.478 e. The van der Waals surface area contributed by atoms with Gasteiger partial charge in [0.05, 0.1) is 12.7 Å². The van der Waals surface area contributed by atoms with Crippen LogP contribution in [0.4, 0.5) is 14.5 Å². The number of anilines is 1. The van der Waals surface area contributed by atoms with Crippen molar-refractivity contribution in [3.05, 3.63) is 77.5 Å². The number of hydrogen-bond donors (Lipinski definition) is 1. The number of nitrogens with zero attached hydrogens (tertiary/aromatic N) is 3. The smallest absolute Gasteiger partial charge is 0.328 e. The van der Waals surface area contributed by atoms with E-state index in [2.05, 4.69) is 5.10 Å². The van der Waals surface area contributed by atoms with Crippen molar-refractivity contribution in [1.29, 1.82) is 0 Å². The average molecular weight is 516 g/mol. The highest BCUT2D eigenvalue weighted by Crippen LogP contribution is 2.49. The van der Waals surface area contributed by atoms with E-state index in [1.54, 1.807) is 30.3 Å². The van der Waals surface area contributed by atoms with E-state index < -0.39 is 17.6 Å². The molecule has 4 aromatic rings. The number of hydrogen-bond acceptors (Lipinski definition) is 3. The number of aromatic nitrogens is 2. The van der Waals surface area contributed by atoms with Crippen LogP contribution < -0.4 is 4.90 Å². The van der Waals surface area contributed by atoms with Crippen molar-refractivity contribution in [2.75, 3.05) is 4.90 Å². The normalized spacial score (nSPS) is 20.7. The molecule has 8 heteroatoms. The number of carboxylic acid groups (broad SMARTS) is 1. The Kier molecular flexibility index (Phi) is 5.97. The van der Waals surface area contributed by atoms with Crippen molar-refractivity contribution in [3.8, 4) is 0 Å². The molecule has 1 N–H and O–H groups in total. The number of aryl methyl sites for hydroxylation is 1. The summed E-state index contributed by atoms with van der Waals surface area (Å²) in [7, 11) is 1.68. The topological polar surface area (TPSA) is 75.4 Å². The van der Waals surface area contributed by atoms with Gasteiger partial charge in [-0.2, -0.15) is 5.10 Å². The van der Waals surface area contributed by atoms with Crippen molar-refractivity contribution in [3.63, 3.8) is 0 Å². The van der Waals surface area contributed by atoms with Crippen molar-refractivity contribution in [1.82, 2.24) is 9.78 Å². The summed E-state index contributed by atoms with van der Waals surface area (Å²) in [6, 6.07) is 11.4. The number of fused-ring (bicyclic) bond motifs is 4. The van der Waals surface area contributed by atoms with E-state index in [1.807, 2.05) is 18.2 Å². The number of aliphatic carboxylic acids is 1. The maximum Gasteiger partial charge on any atom is 0.328 e. The van der Waals surface area contributed by atoms with Gasteiger partial charge in [0.15, 0.2) is 5.82 Å². The van der Waals surface area contributed by atoms with E-state index in [0.717, 1.165) is 31.8 Å². The number of carbonyl (C=O) groups excluding carboxylic acids is 1. The van der Waals surface area contributed by atoms with Crippen LogP contribution in [-0.2, 0) is 23.2 Å². The van der Waals surface area contributed by atoms with E-state index in [1.165, 1.54) is 22.9 Å². The predicted octanol–water partition coefficient (Wildman–Crippen LogP) is 6.07. The zero-order chi connectivity index (χ0) is 26.6. The van der Waals surface area contributed by atoms with Crippen LogP contribution in [0.15, 0.2) is 54.7 Å². The summed E-state index contributed by atoms with van der Waals surface area (Å²) in [5, 5.41) is 15.0. The summed E-state index contributed by atoms with van der Waals surface area (Å²) >= 11 is 0. The number of rotatable bonds is 6. The Bertz CT molecular complexity index is 1630. The average Bonchev–Trinajstić information content (AvgIpc) is 3.62. The molecule has 2 bridgehead atoms. The molecule has 2 fully saturated rings. The molecule has 2 saturated carbocycles. The summed E-state index contributed by atoms with van der Waals surface area (Å²) in [4.78, 5) is 26.6. The molecule has 0 spiro atoms. The number of halogens is 2. The maximum absolute atomic E-state index is 15.9. The second-order valence-electron chi connectivity index (χ2n) is 10.5. The Hall–Kier alpha value is -4.07. The van der Waals surface area contributed by atoms with Gasteiger partial charge in [-0.05, 0) is 78.0 Å². The van der Waals surface area contributed by atoms with Gasteiger partial charge in [0.1, 0.15) is 11.3 Å². The van der Waals surface area contributed by atoms with Gasteiger partial charge in [0.25, 0.3) is 0 Å². The second-order valence-corrected chi connectivity index (χ2v) is 10.5. The van der Waals surface area contributed by atoms with Gasteiger partial charge in [-0.25, -0.2) is 13.6 Å². The highest BCUT2D eigenvalue weighted by Gasteiger charge is 2.44. The van der Waals surface area contributed by atoms with Crippen LogP contribution in [0.1, 0.15) is 36.8 Å². The lowest BCUT2D eigenvalue weighted by atomic mass is 9.87. The third-order valence-corrected chi connectivity index (χ3v) is 8.17. The van der Waals surface area contributed by atoms with Crippen molar-refractivity contribution in [2.24, 2.45) is 24.8 Å². The maximum atomic E-state index is 15.9. The van der Waals surface area contributed by atoms with E-state index in [0.29, 0.717) is 50.3 Å². The van der Waals surface area contributed by atoms with Crippen LogP contribution in [-0.4, -0.2) is 26.8 Å². The first-order chi connectivity index (χ1) is 18.3. The summed E-state index contributed by atoms with van der Waals surface area (Å²) < 4.78 is 32.2. The first-order valence-electron chi connectivity index (χ1n) is 12.8. The molecular weight excluding hydrogens is 488 g/mol. The number of benzene rings is 3. The number of carboxylic acids is 1. The lowest BCUT2D eigenvalue weighted by Gasteiger charge is -2.30. The molecule has 6 rings (SSSR count). The van der Waals surface area contributed by atoms with Gasteiger partial charge >= 0.3 is 5.97 Å². The fourth-order valence-corrected chi connectivity index (χ4v) is 6.48. The van der Waals surface area contributed by atoms with Gasteiger partial charge in [-0.1, -0.05) is 24.6 Å². The molecule has 3 aromatic carbocycles. The summed E-state index contributed by atoms with van der Waals surface area (Å²) in [5.74, 6) is -1.59. The quantitative estimate of drug-likeness (QED) is 0.316. The molecule has 194 valence electrons. The van der Waals surface area contributed by atoms with Crippen LogP contribution in [0.25, 0.3) is 27.8 Å². The number of amides is 1. The molecule has 1 heterocycles. The molecule has 1 unspecified atom stereocenters. The summed E-state index contributed by atoms with van der Waals surface area (Å²) in [6.45, 7) is 0.0515. The third kappa shape index (κ3) is 4.23. The zero-order valence-electron chi connectivity index (χ0n) is 20.9. The molecule has 6 nitrogen and oxygen atoms in total. The van der Waals surface area contributed by atoms with Gasteiger partial charge < -0.3 is 10.0 Å². The van der Waals surface area contributed by atoms with Gasteiger partial charge in [0.2, 0.25) is 5.91 Å². The first kappa shape index (κ1) is 24.3. The Morgan fingerprint density at radius 1 is 1.13 bits per heavy atom. The standard InChI is InChI=1S/C30H27F2N3O3/c1-34-29-22(15-33-34)13-20-3-2-4-21(27(20)28(29)32)16-35(30(38)25-12-17-5-7-19(25)9-17)24-11-18(6-8-26(36)37)10-23(31)14-24/h2-4,6,8,10-11,13-15,17,19,25H,5,7,9,12,16H2,1H3,(H,36,37)/t17-,19+,25?/m0/s1. The minimum atomic E-state index is -1.15. The summed E-state index contributed by atoms with van der Waals surface area (Å²) in [6.07, 6.45) is 7.82. The Morgan fingerprint density at radius 2 is 1.97 bits per heavy atom. The molecule has 3 atom stereocenters. The molecular formula is C30H27F2N3O3. The van der Waals surface area contributed by atoms with Gasteiger partial charge in [0, 0.05) is 35.5 Å². The van der Waals surface area contributed by atoms with E-state index in [9.17, 15) is 14.0 Å². The Morgan fingerprint density at radius 3 is 2.71 bits per heavy atom. The van der Waals surface area contributed by atoms with Gasteiger partial charge in [-0.15, -0.1) is 0 Å². The molecule has 0 radical (unpaired) electrons. The third-order valence-electron chi connectivity index (χ3n) is 8.17. The van der Waals surface area contributed by atoms with E-state index >= 15 is 4.39 Å². The number of carbonyl (C=O) groups is 2. The van der Waals surface area contributed by atoms with Crippen LogP contribution in [0, 0.1) is 29.4 Å². The Labute approximate surface area is 218 Å². The van der Waals surface area contributed by atoms with Crippen LogP contribution in [0.3, 0.4) is 0 Å². The van der Waals surface area contributed by atoms with Crippen molar-refractivity contribution in [2.45, 2.75) is 32.2 Å². The largest absolute Gasteiger partial charge is 0.478 e. The lowest BCUT2D eigenvalue weighted by Crippen LogP contribution is -2.38. The van der Waals surface area contributed by atoms with Gasteiger partial charge in [-0.3, -0.25) is 9.48 Å². The first-order valence-corrected chi connectivity index (χ1v) is 12.8. The highest BCUT2D eigenvalue weighted by molar-refractivity contribution is 6.01. The van der Waals surface area contributed by atoms with Crippen LogP contribution in [0.5, 0.6) is 0 Å². The Balaban J connectivity index is 1.47. The molecule has 38 heavy (non-hydrogen) atoms. The van der Waals surface area contributed by atoms with Crippen molar-refractivity contribution >= 4 is 45.3 Å².